The lowest BCUT2D eigenvalue weighted by Crippen LogP contribution is -2.43. The summed E-state index contributed by atoms with van der Waals surface area (Å²) in [5.74, 6) is -0.264. The topological polar surface area (TPSA) is 143 Å². The van der Waals surface area contributed by atoms with Gasteiger partial charge in [-0.2, -0.15) is 8.78 Å². The van der Waals surface area contributed by atoms with Crippen LogP contribution in [0.15, 0.2) is 42.6 Å². The van der Waals surface area contributed by atoms with Crippen molar-refractivity contribution in [2.24, 2.45) is 0 Å². The molecule has 0 unspecified atom stereocenters. The number of urea groups is 1. The van der Waals surface area contributed by atoms with E-state index in [0.29, 0.717) is 0 Å². The molecule has 11 heteroatoms. The maximum Gasteiger partial charge on any atom is 0.345 e. The summed E-state index contributed by atoms with van der Waals surface area (Å²) in [7, 11) is 0. The fraction of sp³-hybridized carbons (Fsp3) is 0.350. The predicted molar refractivity (Wildman–Crippen MR) is 111 cm³/mol. The molecular formula is C20H25F2N5O4. The monoisotopic (exact) mass is 437 g/mol. The summed E-state index contributed by atoms with van der Waals surface area (Å²) in [6.07, 6.45) is 1.21. The molecule has 0 aliphatic rings. The SMILES string of the molecule is CC(C)(O)[C@@H](NC(=O)Nc1cc(N)c(C(=N)OCCOC(F)F)cn1)c1ccccc1. The van der Waals surface area contributed by atoms with Gasteiger partial charge in [0.05, 0.1) is 23.8 Å². The van der Waals surface area contributed by atoms with Crippen LogP contribution in [-0.4, -0.2) is 47.4 Å². The molecule has 2 aromatic rings. The number of carbonyl (C=O) groups is 1. The van der Waals surface area contributed by atoms with Crippen LogP contribution in [0.2, 0.25) is 0 Å². The Kier molecular flexibility index (Phi) is 8.22. The first-order valence-corrected chi connectivity index (χ1v) is 9.29. The number of aliphatic hydroxyl groups is 1. The molecule has 0 aliphatic heterocycles. The normalized spacial score (nSPS) is 12.3. The molecular weight excluding hydrogens is 412 g/mol. The van der Waals surface area contributed by atoms with Crippen molar-refractivity contribution in [3.63, 3.8) is 0 Å². The average Bonchev–Trinajstić information content (AvgIpc) is 2.69. The highest BCUT2D eigenvalue weighted by Gasteiger charge is 2.30. The van der Waals surface area contributed by atoms with Gasteiger partial charge >= 0.3 is 12.6 Å². The highest BCUT2D eigenvalue weighted by molar-refractivity contribution is 5.97. The van der Waals surface area contributed by atoms with Gasteiger partial charge in [0.2, 0.25) is 5.90 Å². The van der Waals surface area contributed by atoms with Crippen LogP contribution in [0.5, 0.6) is 0 Å². The predicted octanol–water partition coefficient (Wildman–Crippen LogP) is 2.88. The van der Waals surface area contributed by atoms with E-state index in [1.54, 1.807) is 38.1 Å². The first-order chi connectivity index (χ1) is 14.6. The molecule has 9 nitrogen and oxygen atoms in total. The Bertz CT molecular complexity index is 891. The third-order valence-electron chi connectivity index (χ3n) is 4.11. The molecule has 6 N–H and O–H groups in total. The number of nitrogens with zero attached hydrogens (tertiary/aromatic N) is 1. The number of halogens is 2. The first-order valence-electron chi connectivity index (χ1n) is 9.29. The number of amides is 2. The van der Waals surface area contributed by atoms with Gasteiger partial charge in [-0.3, -0.25) is 10.7 Å². The zero-order valence-corrected chi connectivity index (χ0v) is 17.1. The number of nitrogens with one attached hydrogen (secondary N) is 3. The Morgan fingerprint density at radius 2 is 1.97 bits per heavy atom. The van der Waals surface area contributed by atoms with Crippen LogP contribution in [-0.2, 0) is 9.47 Å². The van der Waals surface area contributed by atoms with Crippen LogP contribution in [0, 0.1) is 5.41 Å². The summed E-state index contributed by atoms with van der Waals surface area (Å²) in [4.78, 5) is 16.5. The van der Waals surface area contributed by atoms with E-state index in [0.717, 1.165) is 5.56 Å². The number of hydrogen-bond donors (Lipinski definition) is 5. The van der Waals surface area contributed by atoms with Crippen LogP contribution >= 0.6 is 0 Å². The summed E-state index contributed by atoms with van der Waals surface area (Å²) < 4.78 is 32.9. The number of hydrogen-bond acceptors (Lipinski definition) is 7. The minimum atomic E-state index is -2.92. The molecule has 0 bridgehead atoms. The molecule has 0 aliphatic carbocycles. The molecule has 0 spiro atoms. The minimum Gasteiger partial charge on any atom is -0.475 e. The molecule has 0 fully saturated rings. The zero-order chi connectivity index (χ0) is 23.0. The van der Waals surface area contributed by atoms with Crippen molar-refractivity contribution < 1.29 is 28.2 Å². The Labute approximate surface area is 178 Å². The van der Waals surface area contributed by atoms with Gasteiger partial charge in [-0.1, -0.05) is 30.3 Å². The van der Waals surface area contributed by atoms with Gasteiger partial charge in [0.15, 0.2) is 0 Å². The number of alkyl halides is 2. The molecule has 1 atom stereocenters. The highest BCUT2D eigenvalue weighted by Crippen LogP contribution is 2.25. The fourth-order valence-corrected chi connectivity index (χ4v) is 2.68. The summed E-state index contributed by atoms with van der Waals surface area (Å²) in [5, 5.41) is 23.5. The van der Waals surface area contributed by atoms with Gasteiger partial charge in [0.25, 0.3) is 0 Å². The van der Waals surface area contributed by atoms with Crippen molar-refractivity contribution in [1.82, 2.24) is 10.3 Å². The lowest BCUT2D eigenvalue weighted by Gasteiger charge is -2.30. The molecule has 0 radical (unpaired) electrons. The largest absolute Gasteiger partial charge is 0.475 e. The van der Waals surface area contributed by atoms with Crippen LogP contribution < -0.4 is 16.4 Å². The van der Waals surface area contributed by atoms with E-state index in [4.69, 9.17) is 15.9 Å². The molecule has 2 amide bonds. The van der Waals surface area contributed by atoms with Crippen molar-refractivity contribution in [3.05, 3.63) is 53.7 Å². The minimum absolute atomic E-state index is 0.0900. The van der Waals surface area contributed by atoms with E-state index in [-0.39, 0.29) is 29.6 Å². The summed E-state index contributed by atoms with van der Waals surface area (Å²) in [5.41, 5.74) is 5.58. The van der Waals surface area contributed by atoms with E-state index in [2.05, 4.69) is 20.4 Å². The Balaban J connectivity index is 2.00. The van der Waals surface area contributed by atoms with Crippen LogP contribution in [0.1, 0.15) is 31.0 Å². The average molecular weight is 437 g/mol. The van der Waals surface area contributed by atoms with Crippen molar-refractivity contribution in [2.45, 2.75) is 32.1 Å². The number of nitrogens with two attached hydrogens (primary N) is 1. The highest BCUT2D eigenvalue weighted by atomic mass is 19.3. The molecule has 0 saturated carbocycles. The smallest absolute Gasteiger partial charge is 0.345 e. The number of benzene rings is 1. The molecule has 168 valence electrons. The Morgan fingerprint density at radius 3 is 2.55 bits per heavy atom. The molecule has 1 aromatic heterocycles. The second kappa shape index (κ2) is 10.6. The van der Waals surface area contributed by atoms with E-state index >= 15 is 0 Å². The lowest BCUT2D eigenvalue weighted by molar-refractivity contribution is -0.134. The second-order valence-corrected chi connectivity index (χ2v) is 7.06. The molecule has 1 aromatic carbocycles. The molecule has 1 heterocycles. The zero-order valence-electron chi connectivity index (χ0n) is 17.1. The maximum atomic E-state index is 12.4. The van der Waals surface area contributed by atoms with Gasteiger partial charge in [0, 0.05) is 18.0 Å². The van der Waals surface area contributed by atoms with Gasteiger partial charge in [0.1, 0.15) is 12.4 Å². The van der Waals surface area contributed by atoms with E-state index in [1.807, 2.05) is 6.07 Å². The summed E-state index contributed by atoms with van der Waals surface area (Å²) in [6.45, 7) is -0.416. The number of anilines is 2. The van der Waals surface area contributed by atoms with Gasteiger partial charge in [-0.25, -0.2) is 9.78 Å². The van der Waals surface area contributed by atoms with Crippen molar-refractivity contribution >= 4 is 23.4 Å². The third kappa shape index (κ3) is 7.46. The van der Waals surface area contributed by atoms with E-state index < -0.39 is 30.9 Å². The summed E-state index contributed by atoms with van der Waals surface area (Å²) >= 11 is 0. The molecule has 31 heavy (non-hydrogen) atoms. The molecule has 2 rings (SSSR count). The third-order valence-corrected chi connectivity index (χ3v) is 4.11. The van der Waals surface area contributed by atoms with Gasteiger partial charge in [-0.15, -0.1) is 0 Å². The van der Waals surface area contributed by atoms with Crippen molar-refractivity contribution in [1.29, 1.82) is 5.41 Å². The van der Waals surface area contributed by atoms with Crippen molar-refractivity contribution in [3.8, 4) is 0 Å². The second-order valence-electron chi connectivity index (χ2n) is 7.06. The van der Waals surface area contributed by atoms with Crippen LogP contribution in [0.4, 0.5) is 25.1 Å². The number of nitrogen functional groups attached to an aromatic ring is 1. The van der Waals surface area contributed by atoms with E-state index in [9.17, 15) is 18.7 Å². The van der Waals surface area contributed by atoms with Gasteiger partial charge < -0.3 is 25.6 Å². The standard InChI is InChI=1S/C20H25F2N5O4/c1-20(2,29)16(12-6-4-3-5-7-12)27-19(28)26-15-10-14(23)13(11-25-15)17(24)30-8-9-31-18(21)22/h3-7,10-11,16,18,24,29H,8-9H2,1-2H3,(H4,23,25,26,27,28)/t16-/m0/s1. The Hall–Kier alpha value is -3.31. The lowest BCUT2D eigenvalue weighted by atomic mass is 9.92. The number of carbonyl (C=O) groups excluding carboxylic acids is 1. The van der Waals surface area contributed by atoms with Crippen LogP contribution in [0.25, 0.3) is 0 Å². The van der Waals surface area contributed by atoms with Crippen LogP contribution in [0.3, 0.4) is 0 Å². The van der Waals surface area contributed by atoms with E-state index in [1.165, 1.54) is 12.3 Å². The Morgan fingerprint density at radius 1 is 1.29 bits per heavy atom. The van der Waals surface area contributed by atoms with Gasteiger partial charge in [-0.05, 0) is 19.4 Å². The quantitative estimate of drug-likeness (QED) is 0.232. The number of pyridine rings is 1. The number of aromatic nitrogens is 1. The first kappa shape index (κ1) is 24.0. The number of rotatable bonds is 9. The summed E-state index contributed by atoms with van der Waals surface area (Å²) in [6, 6.07) is 9.00. The number of ether oxygens (including phenoxy) is 2. The maximum absolute atomic E-state index is 12.4. The molecule has 0 saturated heterocycles. The fourth-order valence-electron chi connectivity index (χ4n) is 2.68. The van der Waals surface area contributed by atoms with Crippen molar-refractivity contribution in [2.75, 3.05) is 24.3 Å².